The summed E-state index contributed by atoms with van der Waals surface area (Å²) < 4.78 is 0. The Morgan fingerprint density at radius 1 is 2.00 bits per heavy atom. The van der Waals surface area contributed by atoms with Gasteiger partial charge in [0.15, 0.2) is 6.19 Å². The summed E-state index contributed by atoms with van der Waals surface area (Å²) in [5.74, 6) is 0.120. The molecule has 0 aliphatic rings. The van der Waals surface area contributed by atoms with Gasteiger partial charge >= 0.3 is 0 Å². The smallest absolute Gasteiger partial charge is 0.202 e. The second kappa shape index (κ2) is 4.39. The molecular weight excluding hydrogens is 128 g/mol. The lowest BCUT2D eigenvalue weighted by Gasteiger charge is -1.98. The summed E-state index contributed by atoms with van der Waals surface area (Å²) in [5.41, 5.74) is 5.23. The normalized spacial score (nSPS) is 13.4. The van der Waals surface area contributed by atoms with Crippen LogP contribution in [0.25, 0.3) is 0 Å². The first kappa shape index (κ1) is 8.50. The maximum Gasteiger partial charge on any atom is 0.202 e. The third kappa shape index (κ3) is 3.50. The number of aliphatic imine (C=N–C) groups is 1. The molecule has 4 heteroatoms. The van der Waals surface area contributed by atoms with E-state index >= 15 is 0 Å². The van der Waals surface area contributed by atoms with Crippen LogP contribution >= 0.6 is 0 Å². The summed E-state index contributed by atoms with van der Waals surface area (Å²) >= 11 is 0. The van der Waals surface area contributed by atoms with E-state index in [0.717, 1.165) is 0 Å². The van der Waals surface area contributed by atoms with Crippen molar-refractivity contribution in [2.24, 2.45) is 10.7 Å². The summed E-state index contributed by atoms with van der Waals surface area (Å²) in [5, 5.41) is 10.3. The number of nitrogens with one attached hydrogen (secondary N) is 1. The molecule has 0 saturated heterocycles. The molecule has 1 unspecified atom stereocenters. The molecular formula is C6H10N4. The first-order chi connectivity index (χ1) is 4.70. The van der Waals surface area contributed by atoms with Crippen molar-refractivity contribution in [3.63, 3.8) is 0 Å². The van der Waals surface area contributed by atoms with Crippen molar-refractivity contribution in [2.75, 3.05) is 0 Å². The van der Waals surface area contributed by atoms with Crippen LogP contribution < -0.4 is 11.1 Å². The second-order valence-corrected chi connectivity index (χ2v) is 1.73. The van der Waals surface area contributed by atoms with Crippen LogP contribution in [-0.2, 0) is 0 Å². The van der Waals surface area contributed by atoms with Gasteiger partial charge in [-0.25, -0.2) is 4.99 Å². The van der Waals surface area contributed by atoms with Crippen molar-refractivity contribution >= 4 is 5.96 Å². The van der Waals surface area contributed by atoms with E-state index < -0.39 is 0 Å². The highest BCUT2D eigenvalue weighted by atomic mass is 15.1. The molecule has 0 fully saturated rings. The Balaban J connectivity index is 3.91. The minimum atomic E-state index is -0.0548. The Kier molecular flexibility index (Phi) is 3.73. The van der Waals surface area contributed by atoms with E-state index in [2.05, 4.69) is 16.9 Å². The van der Waals surface area contributed by atoms with Crippen LogP contribution in [0.1, 0.15) is 6.92 Å². The monoisotopic (exact) mass is 138 g/mol. The van der Waals surface area contributed by atoms with E-state index in [0.29, 0.717) is 0 Å². The molecule has 4 nitrogen and oxygen atoms in total. The molecule has 0 spiro atoms. The van der Waals surface area contributed by atoms with Crippen molar-refractivity contribution in [1.82, 2.24) is 5.32 Å². The van der Waals surface area contributed by atoms with Crippen LogP contribution in [0.15, 0.2) is 17.6 Å². The molecule has 0 aliphatic heterocycles. The highest BCUT2D eigenvalue weighted by Gasteiger charge is 1.91. The van der Waals surface area contributed by atoms with Crippen LogP contribution in [-0.4, -0.2) is 12.0 Å². The summed E-state index contributed by atoms with van der Waals surface area (Å²) in [6.07, 6.45) is 3.29. The van der Waals surface area contributed by atoms with Gasteiger partial charge in [-0.2, -0.15) is 5.26 Å². The van der Waals surface area contributed by atoms with Crippen molar-refractivity contribution in [2.45, 2.75) is 13.0 Å². The van der Waals surface area contributed by atoms with Gasteiger partial charge in [-0.1, -0.05) is 6.08 Å². The van der Waals surface area contributed by atoms with Gasteiger partial charge in [0.1, 0.15) is 0 Å². The fourth-order valence-electron chi connectivity index (χ4n) is 0.362. The molecule has 0 saturated carbocycles. The quantitative estimate of drug-likeness (QED) is 0.185. The number of hydrogen-bond donors (Lipinski definition) is 2. The van der Waals surface area contributed by atoms with Crippen molar-refractivity contribution in [3.8, 4) is 6.19 Å². The second-order valence-electron chi connectivity index (χ2n) is 1.73. The van der Waals surface area contributed by atoms with Crippen molar-refractivity contribution in [3.05, 3.63) is 12.7 Å². The van der Waals surface area contributed by atoms with Gasteiger partial charge in [0.2, 0.25) is 5.96 Å². The molecule has 0 aromatic carbocycles. The maximum atomic E-state index is 8.07. The van der Waals surface area contributed by atoms with E-state index in [-0.39, 0.29) is 12.0 Å². The van der Waals surface area contributed by atoms with E-state index in [4.69, 9.17) is 11.0 Å². The average Bonchev–Trinajstić information content (AvgIpc) is 1.88. The van der Waals surface area contributed by atoms with Gasteiger partial charge in [-0.15, -0.1) is 6.58 Å². The zero-order chi connectivity index (χ0) is 7.98. The number of hydrogen-bond acceptors (Lipinski definition) is 2. The molecule has 0 bridgehead atoms. The summed E-state index contributed by atoms with van der Waals surface area (Å²) in [4.78, 5) is 3.83. The molecule has 54 valence electrons. The molecule has 0 amide bonds. The molecule has 3 N–H and O–H groups in total. The number of rotatable bonds is 2. The van der Waals surface area contributed by atoms with Crippen LogP contribution in [0.4, 0.5) is 0 Å². The van der Waals surface area contributed by atoms with Crippen LogP contribution in [0.5, 0.6) is 0 Å². The van der Waals surface area contributed by atoms with E-state index in [1.807, 2.05) is 6.92 Å². The highest BCUT2D eigenvalue weighted by molar-refractivity contribution is 5.79. The third-order valence-electron chi connectivity index (χ3n) is 0.868. The minimum absolute atomic E-state index is 0.0548. The molecule has 0 radical (unpaired) electrons. The van der Waals surface area contributed by atoms with E-state index in [1.54, 1.807) is 12.3 Å². The summed E-state index contributed by atoms with van der Waals surface area (Å²) in [7, 11) is 0. The highest BCUT2D eigenvalue weighted by Crippen LogP contribution is 1.86. The molecule has 0 aromatic heterocycles. The lowest BCUT2D eigenvalue weighted by Crippen LogP contribution is -2.28. The zero-order valence-corrected chi connectivity index (χ0v) is 5.83. The fourth-order valence-corrected chi connectivity index (χ4v) is 0.362. The van der Waals surface area contributed by atoms with Gasteiger partial charge < -0.3 is 5.73 Å². The topological polar surface area (TPSA) is 74.2 Å². The predicted molar refractivity (Wildman–Crippen MR) is 40.0 cm³/mol. The standard InChI is InChI=1S/C6H10N4/c1-3-5(2)10-6(8)9-4-7/h3,5H,1H2,2H3,(H3,8,9,10). The summed E-state index contributed by atoms with van der Waals surface area (Å²) in [6, 6.07) is -0.0548. The lowest BCUT2D eigenvalue weighted by molar-refractivity contribution is 0.913. The Morgan fingerprint density at radius 3 is 3.00 bits per heavy atom. The minimum Gasteiger partial charge on any atom is -0.369 e. The Hall–Kier alpha value is -1.50. The Labute approximate surface area is 60.1 Å². The van der Waals surface area contributed by atoms with E-state index in [9.17, 15) is 0 Å². The van der Waals surface area contributed by atoms with Gasteiger partial charge in [-0.3, -0.25) is 5.32 Å². The van der Waals surface area contributed by atoms with Crippen molar-refractivity contribution < 1.29 is 0 Å². The molecule has 0 heterocycles. The molecule has 0 rings (SSSR count). The van der Waals surface area contributed by atoms with Gasteiger partial charge in [0.05, 0.1) is 6.04 Å². The van der Waals surface area contributed by atoms with Crippen LogP contribution in [0, 0.1) is 11.5 Å². The van der Waals surface area contributed by atoms with Crippen LogP contribution in [0.3, 0.4) is 0 Å². The van der Waals surface area contributed by atoms with Gasteiger partial charge in [0.25, 0.3) is 0 Å². The SMILES string of the molecule is C=CC(C)N=C(N)NC#N. The van der Waals surface area contributed by atoms with Gasteiger partial charge in [-0.05, 0) is 6.92 Å². The Morgan fingerprint density at radius 2 is 2.60 bits per heavy atom. The van der Waals surface area contributed by atoms with Crippen LogP contribution in [0.2, 0.25) is 0 Å². The lowest BCUT2D eigenvalue weighted by atomic mass is 10.4. The maximum absolute atomic E-state index is 8.07. The largest absolute Gasteiger partial charge is 0.369 e. The number of nitrogens with zero attached hydrogens (tertiary/aromatic N) is 2. The number of nitrogens with two attached hydrogens (primary N) is 1. The molecule has 1 atom stereocenters. The first-order valence-electron chi connectivity index (χ1n) is 2.81. The molecule has 10 heavy (non-hydrogen) atoms. The fraction of sp³-hybridized carbons (Fsp3) is 0.333. The van der Waals surface area contributed by atoms with Crippen molar-refractivity contribution in [1.29, 1.82) is 5.26 Å². The van der Waals surface area contributed by atoms with Gasteiger partial charge in [0, 0.05) is 0 Å². The number of nitriles is 1. The summed E-state index contributed by atoms with van der Waals surface area (Å²) in [6.45, 7) is 5.32. The third-order valence-corrected chi connectivity index (χ3v) is 0.868. The van der Waals surface area contributed by atoms with E-state index in [1.165, 1.54) is 0 Å². The number of guanidine groups is 1. The average molecular weight is 138 g/mol. The Bertz CT molecular complexity index is 177. The zero-order valence-electron chi connectivity index (χ0n) is 5.83. The molecule has 0 aromatic rings. The first-order valence-corrected chi connectivity index (χ1v) is 2.81. The predicted octanol–water partition coefficient (Wildman–Crippen LogP) is -0.0537. The molecule has 0 aliphatic carbocycles.